The van der Waals surface area contributed by atoms with E-state index in [0.29, 0.717) is 5.75 Å². The third-order valence-corrected chi connectivity index (χ3v) is 2.88. The predicted molar refractivity (Wildman–Crippen MR) is 54.2 cm³/mol. The first-order chi connectivity index (χ1) is 7.07. The van der Waals surface area contributed by atoms with Gasteiger partial charge in [-0.3, -0.25) is 4.79 Å². The number of esters is 1. The van der Waals surface area contributed by atoms with Crippen molar-refractivity contribution in [2.75, 3.05) is 0 Å². The Labute approximate surface area is 88.3 Å². The zero-order chi connectivity index (χ0) is 11.1. The molecule has 1 aliphatic rings. The van der Waals surface area contributed by atoms with E-state index in [4.69, 9.17) is 10.00 Å². The second-order valence-electron chi connectivity index (χ2n) is 4.20. The van der Waals surface area contributed by atoms with Crippen LogP contribution in [0.3, 0.4) is 0 Å². The standard InChI is InChI=1S/C12H11NO2/c1-12(2)8-5-3-4-6-10(8)15-11(14)9(12)7-13/h3-6,9H,1-2H3. The van der Waals surface area contributed by atoms with Crippen molar-refractivity contribution in [1.29, 1.82) is 5.26 Å². The molecule has 0 bridgehead atoms. The maximum atomic E-state index is 11.6. The zero-order valence-corrected chi connectivity index (χ0v) is 8.65. The van der Waals surface area contributed by atoms with E-state index in [2.05, 4.69) is 0 Å². The molecule has 0 radical (unpaired) electrons. The molecule has 1 aliphatic heterocycles. The fourth-order valence-electron chi connectivity index (χ4n) is 1.92. The molecular weight excluding hydrogens is 190 g/mol. The van der Waals surface area contributed by atoms with Crippen molar-refractivity contribution < 1.29 is 9.53 Å². The number of hydrogen-bond acceptors (Lipinski definition) is 3. The molecule has 0 saturated heterocycles. The van der Waals surface area contributed by atoms with E-state index in [1.807, 2.05) is 38.1 Å². The number of fused-ring (bicyclic) bond motifs is 1. The van der Waals surface area contributed by atoms with E-state index < -0.39 is 17.3 Å². The number of benzene rings is 1. The van der Waals surface area contributed by atoms with Gasteiger partial charge in [0.05, 0.1) is 6.07 Å². The van der Waals surface area contributed by atoms with Gasteiger partial charge in [0.2, 0.25) is 0 Å². The van der Waals surface area contributed by atoms with Gasteiger partial charge in [0.15, 0.2) is 5.92 Å². The fraction of sp³-hybridized carbons (Fsp3) is 0.333. The largest absolute Gasteiger partial charge is 0.425 e. The molecule has 76 valence electrons. The summed E-state index contributed by atoms with van der Waals surface area (Å²) < 4.78 is 5.11. The Balaban J connectivity index is 2.62. The highest BCUT2D eigenvalue weighted by Crippen LogP contribution is 2.41. The Morgan fingerprint density at radius 3 is 2.73 bits per heavy atom. The molecule has 1 atom stereocenters. The highest BCUT2D eigenvalue weighted by atomic mass is 16.5. The van der Waals surface area contributed by atoms with Gasteiger partial charge in [-0.2, -0.15) is 5.26 Å². The number of para-hydroxylation sites is 1. The Morgan fingerprint density at radius 1 is 1.40 bits per heavy atom. The molecule has 0 aliphatic carbocycles. The van der Waals surface area contributed by atoms with Gasteiger partial charge in [0.1, 0.15) is 5.75 Å². The number of carbonyl (C=O) groups is 1. The normalized spacial score (nSPS) is 22.5. The number of nitrogens with zero attached hydrogens (tertiary/aromatic N) is 1. The molecule has 1 aromatic rings. The molecule has 0 spiro atoms. The average Bonchev–Trinajstić information content (AvgIpc) is 2.17. The molecule has 0 fully saturated rings. The maximum Gasteiger partial charge on any atom is 0.329 e. The third-order valence-electron chi connectivity index (χ3n) is 2.88. The molecule has 1 aromatic carbocycles. The predicted octanol–water partition coefficient (Wildman–Crippen LogP) is 2.02. The van der Waals surface area contributed by atoms with E-state index in [-0.39, 0.29) is 0 Å². The van der Waals surface area contributed by atoms with Gasteiger partial charge in [-0.25, -0.2) is 0 Å². The van der Waals surface area contributed by atoms with Crippen LogP contribution in [0.4, 0.5) is 0 Å². The number of hydrogen-bond donors (Lipinski definition) is 0. The lowest BCUT2D eigenvalue weighted by atomic mass is 9.72. The summed E-state index contributed by atoms with van der Waals surface area (Å²) in [4.78, 5) is 11.6. The van der Waals surface area contributed by atoms with Crippen LogP contribution in [-0.2, 0) is 10.2 Å². The first-order valence-electron chi connectivity index (χ1n) is 4.78. The molecular formula is C12H11NO2. The van der Waals surface area contributed by atoms with Crippen molar-refractivity contribution in [1.82, 2.24) is 0 Å². The van der Waals surface area contributed by atoms with Crippen molar-refractivity contribution in [3.8, 4) is 11.8 Å². The highest BCUT2D eigenvalue weighted by molar-refractivity contribution is 5.82. The summed E-state index contributed by atoms with van der Waals surface area (Å²) in [6.45, 7) is 3.78. The van der Waals surface area contributed by atoms with Crippen LogP contribution in [0.1, 0.15) is 19.4 Å². The Hall–Kier alpha value is -1.82. The van der Waals surface area contributed by atoms with Crippen LogP contribution >= 0.6 is 0 Å². The molecule has 3 nitrogen and oxygen atoms in total. The van der Waals surface area contributed by atoms with Crippen LogP contribution in [0.2, 0.25) is 0 Å². The Morgan fingerprint density at radius 2 is 2.07 bits per heavy atom. The highest BCUT2D eigenvalue weighted by Gasteiger charge is 2.43. The van der Waals surface area contributed by atoms with Crippen molar-refractivity contribution in [3.63, 3.8) is 0 Å². The summed E-state index contributed by atoms with van der Waals surface area (Å²) in [6.07, 6.45) is 0. The molecule has 2 rings (SSSR count). The van der Waals surface area contributed by atoms with E-state index in [9.17, 15) is 4.79 Å². The first-order valence-corrected chi connectivity index (χ1v) is 4.78. The molecule has 1 heterocycles. The summed E-state index contributed by atoms with van der Waals surface area (Å²) in [6, 6.07) is 9.36. The molecule has 0 aromatic heterocycles. The van der Waals surface area contributed by atoms with E-state index in [0.717, 1.165) is 5.56 Å². The lowest BCUT2D eigenvalue weighted by molar-refractivity contribution is -0.140. The van der Waals surface area contributed by atoms with Crippen LogP contribution in [0.15, 0.2) is 24.3 Å². The third kappa shape index (κ3) is 1.30. The van der Waals surface area contributed by atoms with Crippen LogP contribution in [0.25, 0.3) is 0 Å². The van der Waals surface area contributed by atoms with Gasteiger partial charge >= 0.3 is 5.97 Å². The molecule has 0 saturated carbocycles. The smallest absolute Gasteiger partial charge is 0.329 e. The lowest BCUT2D eigenvalue weighted by Gasteiger charge is -2.34. The number of carbonyl (C=O) groups excluding carboxylic acids is 1. The second-order valence-corrected chi connectivity index (χ2v) is 4.20. The minimum atomic E-state index is -0.729. The lowest BCUT2D eigenvalue weighted by Crippen LogP contribution is -2.40. The molecule has 0 N–H and O–H groups in total. The molecule has 1 unspecified atom stereocenters. The molecule has 15 heavy (non-hydrogen) atoms. The van der Waals surface area contributed by atoms with Gasteiger partial charge in [0, 0.05) is 11.0 Å². The molecule has 0 amide bonds. The van der Waals surface area contributed by atoms with Gasteiger partial charge in [0.25, 0.3) is 0 Å². The first kappa shape index (κ1) is 9.72. The van der Waals surface area contributed by atoms with Crippen LogP contribution in [0, 0.1) is 17.2 Å². The van der Waals surface area contributed by atoms with Crippen molar-refractivity contribution >= 4 is 5.97 Å². The minimum Gasteiger partial charge on any atom is -0.425 e. The monoisotopic (exact) mass is 201 g/mol. The Kier molecular flexibility index (Phi) is 2.01. The number of rotatable bonds is 0. The summed E-state index contributed by atoms with van der Waals surface area (Å²) in [7, 11) is 0. The van der Waals surface area contributed by atoms with E-state index in [1.165, 1.54) is 0 Å². The number of ether oxygens (including phenoxy) is 1. The maximum absolute atomic E-state index is 11.6. The topological polar surface area (TPSA) is 50.1 Å². The molecule has 3 heteroatoms. The van der Waals surface area contributed by atoms with Gasteiger partial charge in [-0.05, 0) is 6.07 Å². The fourth-order valence-corrected chi connectivity index (χ4v) is 1.92. The summed E-state index contributed by atoms with van der Waals surface area (Å²) in [5, 5.41) is 8.97. The quantitative estimate of drug-likeness (QED) is 0.476. The van der Waals surface area contributed by atoms with E-state index in [1.54, 1.807) is 6.07 Å². The van der Waals surface area contributed by atoms with Gasteiger partial charge in [-0.1, -0.05) is 32.0 Å². The van der Waals surface area contributed by atoms with Crippen LogP contribution in [0.5, 0.6) is 5.75 Å². The summed E-state index contributed by atoms with van der Waals surface area (Å²) in [5.74, 6) is -0.618. The van der Waals surface area contributed by atoms with Crippen molar-refractivity contribution in [3.05, 3.63) is 29.8 Å². The second kappa shape index (κ2) is 3.09. The number of nitriles is 1. The van der Waals surface area contributed by atoms with Crippen molar-refractivity contribution in [2.45, 2.75) is 19.3 Å². The van der Waals surface area contributed by atoms with Crippen LogP contribution in [-0.4, -0.2) is 5.97 Å². The minimum absolute atomic E-state index is 0.457. The SMILES string of the molecule is CC1(C)c2ccccc2OC(=O)C1C#N. The zero-order valence-electron chi connectivity index (χ0n) is 8.65. The van der Waals surface area contributed by atoms with Crippen LogP contribution < -0.4 is 4.74 Å². The van der Waals surface area contributed by atoms with Crippen molar-refractivity contribution in [2.24, 2.45) is 5.92 Å². The summed E-state index contributed by atoms with van der Waals surface area (Å²) in [5.41, 5.74) is 0.428. The average molecular weight is 201 g/mol. The van der Waals surface area contributed by atoms with Gasteiger partial charge < -0.3 is 4.74 Å². The summed E-state index contributed by atoms with van der Waals surface area (Å²) >= 11 is 0. The van der Waals surface area contributed by atoms with E-state index >= 15 is 0 Å². The van der Waals surface area contributed by atoms with Gasteiger partial charge in [-0.15, -0.1) is 0 Å². The Bertz CT molecular complexity index is 457.